The number of nitrogens with one attached hydrogen (secondary N) is 1. The van der Waals surface area contributed by atoms with E-state index in [1.165, 1.54) is 11.8 Å². The van der Waals surface area contributed by atoms with Crippen LogP contribution in [0.2, 0.25) is 0 Å². The van der Waals surface area contributed by atoms with Crippen molar-refractivity contribution in [1.82, 2.24) is 20.1 Å². The molecule has 23 heavy (non-hydrogen) atoms. The Morgan fingerprint density at radius 2 is 2.04 bits per heavy atom. The number of hydrogen-bond donors (Lipinski definition) is 1. The van der Waals surface area contributed by atoms with Crippen molar-refractivity contribution in [2.24, 2.45) is 7.05 Å². The van der Waals surface area contributed by atoms with Gasteiger partial charge in [0, 0.05) is 7.05 Å². The number of aromatic nitrogens is 3. The zero-order valence-electron chi connectivity index (χ0n) is 13.9. The number of hydrogen-bond acceptors (Lipinski definition) is 5. The molecule has 2 aromatic rings. The van der Waals surface area contributed by atoms with Crippen LogP contribution >= 0.6 is 11.8 Å². The molecule has 2 rings (SSSR count). The number of carbonyl (C=O) groups excluding carboxylic acids is 1. The van der Waals surface area contributed by atoms with Gasteiger partial charge in [0.15, 0.2) is 5.16 Å². The number of nitrogens with zero attached hydrogens (tertiary/aromatic N) is 3. The molecule has 0 unspecified atom stereocenters. The van der Waals surface area contributed by atoms with Gasteiger partial charge in [-0.1, -0.05) is 17.8 Å². The van der Waals surface area contributed by atoms with Gasteiger partial charge in [0.05, 0.1) is 11.8 Å². The number of thioether (sulfide) groups is 1. The summed E-state index contributed by atoms with van der Waals surface area (Å²) in [7, 11) is 1.85. The molecule has 1 atom stereocenters. The van der Waals surface area contributed by atoms with Crippen LogP contribution in [-0.4, -0.2) is 39.1 Å². The monoisotopic (exact) mass is 334 g/mol. The molecule has 0 saturated carbocycles. The molecule has 0 aliphatic carbocycles. The largest absolute Gasteiger partial charge is 0.492 e. The summed E-state index contributed by atoms with van der Waals surface area (Å²) < 4.78 is 7.46. The smallest absolute Gasteiger partial charge is 0.233 e. The molecule has 1 N–H and O–H groups in total. The van der Waals surface area contributed by atoms with Crippen LogP contribution in [0.15, 0.2) is 29.7 Å². The SMILES string of the molecule is Cc1cc(C)cc(OCCNC(=O)[C@@H](C)Sc2nncn2C)c1. The number of amides is 1. The third kappa shape index (κ3) is 5.28. The van der Waals surface area contributed by atoms with Gasteiger partial charge in [0.2, 0.25) is 5.91 Å². The number of aryl methyl sites for hydroxylation is 3. The average molecular weight is 334 g/mol. The third-order valence-electron chi connectivity index (χ3n) is 3.19. The van der Waals surface area contributed by atoms with Crippen LogP contribution in [-0.2, 0) is 11.8 Å². The minimum Gasteiger partial charge on any atom is -0.492 e. The molecule has 0 aliphatic heterocycles. The molecular formula is C16H22N4O2S. The van der Waals surface area contributed by atoms with Crippen molar-refractivity contribution in [3.63, 3.8) is 0 Å². The molecule has 1 amide bonds. The van der Waals surface area contributed by atoms with Crippen LogP contribution in [0.25, 0.3) is 0 Å². The molecule has 1 aromatic heterocycles. The van der Waals surface area contributed by atoms with Gasteiger partial charge < -0.3 is 14.6 Å². The molecule has 1 heterocycles. The Balaban J connectivity index is 1.73. The molecule has 0 radical (unpaired) electrons. The van der Waals surface area contributed by atoms with Crippen LogP contribution in [0.4, 0.5) is 0 Å². The minimum absolute atomic E-state index is 0.0398. The highest BCUT2D eigenvalue weighted by molar-refractivity contribution is 8.00. The van der Waals surface area contributed by atoms with Crippen molar-refractivity contribution in [1.29, 1.82) is 0 Å². The fourth-order valence-electron chi connectivity index (χ4n) is 2.09. The Morgan fingerprint density at radius 1 is 1.35 bits per heavy atom. The van der Waals surface area contributed by atoms with Crippen molar-refractivity contribution >= 4 is 17.7 Å². The molecule has 0 bridgehead atoms. The lowest BCUT2D eigenvalue weighted by Crippen LogP contribution is -2.34. The van der Waals surface area contributed by atoms with E-state index in [4.69, 9.17) is 4.74 Å². The summed E-state index contributed by atoms with van der Waals surface area (Å²) in [6.07, 6.45) is 1.62. The first-order valence-corrected chi connectivity index (χ1v) is 8.33. The molecule has 124 valence electrons. The van der Waals surface area contributed by atoms with Gasteiger partial charge in [-0.15, -0.1) is 10.2 Å². The predicted molar refractivity (Wildman–Crippen MR) is 90.7 cm³/mol. The Morgan fingerprint density at radius 3 is 2.65 bits per heavy atom. The quantitative estimate of drug-likeness (QED) is 0.620. The van der Waals surface area contributed by atoms with Crippen molar-refractivity contribution in [3.8, 4) is 5.75 Å². The van der Waals surface area contributed by atoms with E-state index in [1.807, 2.05) is 40.0 Å². The first-order valence-electron chi connectivity index (χ1n) is 7.45. The first-order chi connectivity index (χ1) is 11.0. The van der Waals surface area contributed by atoms with E-state index in [-0.39, 0.29) is 11.2 Å². The Labute approximate surface area is 140 Å². The maximum Gasteiger partial charge on any atom is 0.233 e. The Kier molecular flexibility index (Phi) is 6.04. The molecule has 0 spiro atoms. The summed E-state index contributed by atoms with van der Waals surface area (Å²) in [4.78, 5) is 12.1. The second kappa shape index (κ2) is 8.01. The molecule has 6 nitrogen and oxygen atoms in total. The van der Waals surface area contributed by atoms with Gasteiger partial charge in [-0.05, 0) is 44.0 Å². The number of rotatable bonds is 7. The zero-order chi connectivity index (χ0) is 16.8. The van der Waals surface area contributed by atoms with E-state index in [0.29, 0.717) is 13.2 Å². The van der Waals surface area contributed by atoms with Crippen LogP contribution in [0.5, 0.6) is 5.75 Å². The normalized spacial score (nSPS) is 12.0. The summed E-state index contributed by atoms with van der Waals surface area (Å²) in [5.74, 6) is 0.792. The number of carbonyl (C=O) groups is 1. The molecule has 0 aliphatic rings. The Bertz CT molecular complexity index is 652. The second-order valence-corrected chi connectivity index (χ2v) is 6.76. The predicted octanol–water partition coefficient (Wildman–Crippen LogP) is 2.11. The lowest BCUT2D eigenvalue weighted by atomic mass is 10.1. The van der Waals surface area contributed by atoms with E-state index in [0.717, 1.165) is 22.0 Å². The van der Waals surface area contributed by atoms with E-state index < -0.39 is 0 Å². The van der Waals surface area contributed by atoms with Gasteiger partial charge in [-0.3, -0.25) is 4.79 Å². The Hall–Kier alpha value is -2.02. The van der Waals surface area contributed by atoms with Gasteiger partial charge in [0.1, 0.15) is 18.7 Å². The molecular weight excluding hydrogens is 312 g/mol. The van der Waals surface area contributed by atoms with E-state index in [1.54, 1.807) is 10.9 Å². The van der Waals surface area contributed by atoms with Crippen molar-refractivity contribution in [3.05, 3.63) is 35.7 Å². The van der Waals surface area contributed by atoms with E-state index in [2.05, 4.69) is 21.6 Å². The lowest BCUT2D eigenvalue weighted by Gasteiger charge is -2.12. The summed E-state index contributed by atoms with van der Waals surface area (Å²) in [5.41, 5.74) is 2.33. The summed E-state index contributed by atoms with van der Waals surface area (Å²) in [5, 5.41) is 11.1. The fourth-order valence-corrected chi connectivity index (χ4v) is 2.91. The van der Waals surface area contributed by atoms with Crippen LogP contribution in [0.1, 0.15) is 18.1 Å². The van der Waals surface area contributed by atoms with Crippen LogP contribution in [0, 0.1) is 13.8 Å². The second-order valence-electron chi connectivity index (χ2n) is 5.45. The molecule has 1 aromatic carbocycles. The zero-order valence-corrected chi connectivity index (χ0v) is 14.7. The third-order valence-corrected chi connectivity index (χ3v) is 4.33. The van der Waals surface area contributed by atoms with Crippen molar-refractivity contribution in [2.75, 3.05) is 13.2 Å². The maximum absolute atomic E-state index is 12.1. The van der Waals surface area contributed by atoms with Gasteiger partial charge in [0.25, 0.3) is 0 Å². The van der Waals surface area contributed by atoms with Crippen LogP contribution in [0.3, 0.4) is 0 Å². The fraction of sp³-hybridized carbons (Fsp3) is 0.438. The van der Waals surface area contributed by atoms with Crippen LogP contribution < -0.4 is 10.1 Å². The molecule has 0 saturated heterocycles. The standard InChI is InChI=1S/C16H22N4O2S/c1-11-7-12(2)9-14(8-11)22-6-5-17-15(21)13(3)23-16-19-18-10-20(16)4/h7-10,13H,5-6H2,1-4H3,(H,17,21)/t13-/m1/s1. The first kappa shape index (κ1) is 17.3. The highest BCUT2D eigenvalue weighted by atomic mass is 32.2. The number of benzene rings is 1. The topological polar surface area (TPSA) is 69.0 Å². The number of ether oxygens (including phenoxy) is 1. The molecule has 7 heteroatoms. The average Bonchev–Trinajstić information content (AvgIpc) is 2.87. The van der Waals surface area contributed by atoms with Gasteiger partial charge >= 0.3 is 0 Å². The van der Waals surface area contributed by atoms with E-state index >= 15 is 0 Å². The lowest BCUT2D eigenvalue weighted by molar-refractivity contribution is -0.120. The van der Waals surface area contributed by atoms with Crippen molar-refractivity contribution < 1.29 is 9.53 Å². The summed E-state index contributed by atoms with van der Waals surface area (Å²) in [6.45, 7) is 6.82. The minimum atomic E-state index is -0.237. The van der Waals surface area contributed by atoms with Gasteiger partial charge in [-0.25, -0.2) is 0 Å². The highest BCUT2D eigenvalue weighted by Crippen LogP contribution is 2.20. The molecule has 0 fully saturated rings. The summed E-state index contributed by atoms with van der Waals surface area (Å²) >= 11 is 1.38. The maximum atomic E-state index is 12.1. The van der Waals surface area contributed by atoms with Gasteiger partial charge in [-0.2, -0.15) is 0 Å². The van der Waals surface area contributed by atoms with Crippen molar-refractivity contribution in [2.45, 2.75) is 31.2 Å². The van der Waals surface area contributed by atoms with E-state index in [9.17, 15) is 4.79 Å². The summed E-state index contributed by atoms with van der Waals surface area (Å²) in [6, 6.07) is 6.07. The highest BCUT2D eigenvalue weighted by Gasteiger charge is 2.16.